The maximum atomic E-state index is 12.4. The lowest BCUT2D eigenvalue weighted by Crippen LogP contribution is -2.28. The molecule has 0 radical (unpaired) electrons. The minimum absolute atomic E-state index is 0.0254. The second-order valence-electron chi connectivity index (χ2n) is 5.26. The van der Waals surface area contributed by atoms with Crippen LogP contribution in [0.5, 0.6) is 0 Å². The Morgan fingerprint density at radius 1 is 1.43 bits per heavy atom. The number of hydrogen-bond acceptors (Lipinski definition) is 5. The van der Waals surface area contributed by atoms with Crippen molar-refractivity contribution in [1.29, 1.82) is 0 Å². The van der Waals surface area contributed by atoms with Crippen LogP contribution in [0.4, 0.5) is 5.00 Å². The summed E-state index contributed by atoms with van der Waals surface area (Å²) in [6.07, 6.45) is 0.828. The Balaban J connectivity index is 2.16. The number of nitrogens with one attached hydrogen (secondary N) is 2. The van der Waals surface area contributed by atoms with E-state index in [2.05, 4.69) is 17.6 Å². The van der Waals surface area contributed by atoms with Gasteiger partial charge in [-0.1, -0.05) is 13.8 Å². The molecule has 1 amide bonds. The Bertz CT molecular complexity index is 527. The summed E-state index contributed by atoms with van der Waals surface area (Å²) in [5.41, 5.74) is 0.464. The topological polar surface area (TPSA) is 67.4 Å². The third-order valence-electron chi connectivity index (χ3n) is 3.72. The van der Waals surface area contributed by atoms with E-state index >= 15 is 0 Å². The number of carbonyl (C=O) groups is 2. The summed E-state index contributed by atoms with van der Waals surface area (Å²) in [5, 5.41) is 6.74. The van der Waals surface area contributed by atoms with Gasteiger partial charge >= 0.3 is 5.97 Å². The number of esters is 1. The molecule has 1 fully saturated rings. The van der Waals surface area contributed by atoms with E-state index in [-0.39, 0.29) is 17.8 Å². The Morgan fingerprint density at radius 3 is 2.76 bits per heavy atom. The highest BCUT2D eigenvalue weighted by Crippen LogP contribution is 2.30. The van der Waals surface area contributed by atoms with E-state index in [4.69, 9.17) is 4.74 Å². The van der Waals surface area contributed by atoms with Gasteiger partial charge in [-0.25, -0.2) is 4.79 Å². The maximum Gasteiger partial charge on any atom is 0.341 e. The van der Waals surface area contributed by atoms with Crippen LogP contribution in [0.2, 0.25) is 0 Å². The van der Waals surface area contributed by atoms with Crippen molar-refractivity contribution in [2.24, 2.45) is 11.8 Å². The van der Waals surface area contributed by atoms with Crippen molar-refractivity contribution in [3.63, 3.8) is 0 Å². The first-order valence-electron chi connectivity index (χ1n) is 7.38. The zero-order chi connectivity index (χ0) is 15.4. The number of aryl methyl sites for hydroxylation is 1. The normalized spacial score (nSPS) is 21.3. The molecule has 1 aliphatic rings. The zero-order valence-electron chi connectivity index (χ0n) is 12.7. The van der Waals surface area contributed by atoms with E-state index in [1.807, 2.05) is 13.0 Å². The molecule has 2 N–H and O–H groups in total. The number of thiophene rings is 1. The van der Waals surface area contributed by atoms with Crippen LogP contribution in [0, 0.1) is 11.8 Å². The molecule has 1 aromatic rings. The standard InChI is InChI=1S/C15H22N2O3S/c1-4-10-6-11(15(19)20-5-2)14(21-10)17-13(18)12-8-16-7-9(12)3/h6,9,12,16H,4-5,7-8H2,1-3H3,(H,17,18). The van der Waals surface area contributed by atoms with E-state index in [9.17, 15) is 9.59 Å². The molecule has 2 atom stereocenters. The van der Waals surface area contributed by atoms with Gasteiger partial charge in [0.25, 0.3) is 0 Å². The lowest BCUT2D eigenvalue weighted by Gasteiger charge is -2.14. The fourth-order valence-electron chi connectivity index (χ4n) is 2.44. The molecule has 1 aromatic heterocycles. The van der Waals surface area contributed by atoms with Gasteiger partial charge in [-0.05, 0) is 31.9 Å². The van der Waals surface area contributed by atoms with Crippen LogP contribution in [0.25, 0.3) is 0 Å². The van der Waals surface area contributed by atoms with Gasteiger partial charge in [0, 0.05) is 11.4 Å². The Kier molecular flexibility index (Phi) is 5.36. The molecule has 116 valence electrons. The summed E-state index contributed by atoms with van der Waals surface area (Å²) in [6.45, 7) is 7.72. The Morgan fingerprint density at radius 2 is 2.19 bits per heavy atom. The number of rotatable bonds is 5. The first-order chi connectivity index (χ1) is 10.1. The van der Waals surface area contributed by atoms with Crippen molar-refractivity contribution < 1.29 is 14.3 Å². The first-order valence-corrected chi connectivity index (χ1v) is 8.19. The second kappa shape index (κ2) is 7.04. The van der Waals surface area contributed by atoms with Crippen molar-refractivity contribution >= 4 is 28.2 Å². The number of hydrogen-bond donors (Lipinski definition) is 2. The van der Waals surface area contributed by atoms with Gasteiger partial charge in [-0.2, -0.15) is 0 Å². The van der Waals surface area contributed by atoms with Crippen molar-refractivity contribution in [1.82, 2.24) is 5.32 Å². The SMILES string of the molecule is CCOC(=O)c1cc(CC)sc1NC(=O)C1CNCC1C. The predicted octanol–water partition coefficient (Wildman–Crippen LogP) is 2.28. The predicted molar refractivity (Wildman–Crippen MR) is 83.8 cm³/mol. The van der Waals surface area contributed by atoms with E-state index in [1.54, 1.807) is 6.92 Å². The molecule has 5 nitrogen and oxygen atoms in total. The third kappa shape index (κ3) is 3.63. The van der Waals surface area contributed by atoms with Gasteiger partial charge in [0.2, 0.25) is 5.91 Å². The fourth-order valence-corrected chi connectivity index (χ4v) is 3.42. The van der Waals surface area contributed by atoms with Gasteiger partial charge in [-0.15, -0.1) is 11.3 Å². The number of ether oxygens (including phenoxy) is 1. The van der Waals surface area contributed by atoms with Crippen molar-refractivity contribution in [3.05, 3.63) is 16.5 Å². The van der Waals surface area contributed by atoms with E-state index in [0.717, 1.165) is 17.8 Å². The third-order valence-corrected chi connectivity index (χ3v) is 4.91. The second-order valence-corrected chi connectivity index (χ2v) is 6.40. The number of anilines is 1. The van der Waals surface area contributed by atoms with Gasteiger partial charge in [0.05, 0.1) is 18.1 Å². The van der Waals surface area contributed by atoms with E-state index < -0.39 is 0 Å². The lowest BCUT2D eigenvalue weighted by atomic mass is 9.97. The molecule has 0 aliphatic carbocycles. The number of carbonyl (C=O) groups excluding carboxylic acids is 2. The molecule has 6 heteroatoms. The van der Waals surface area contributed by atoms with Crippen LogP contribution in [0.1, 0.15) is 36.0 Å². The summed E-state index contributed by atoms with van der Waals surface area (Å²) in [7, 11) is 0. The molecule has 1 aliphatic heterocycles. The van der Waals surface area contributed by atoms with Crippen LogP contribution in [-0.4, -0.2) is 31.6 Å². The highest BCUT2D eigenvalue weighted by atomic mass is 32.1. The highest BCUT2D eigenvalue weighted by molar-refractivity contribution is 7.16. The van der Waals surface area contributed by atoms with E-state index in [1.165, 1.54) is 11.3 Å². The average Bonchev–Trinajstić information content (AvgIpc) is 3.05. The Hall–Kier alpha value is -1.40. The molecule has 0 saturated carbocycles. The molecule has 1 saturated heterocycles. The zero-order valence-corrected chi connectivity index (χ0v) is 13.5. The summed E-state index contributed by atoms with van der Waals surface area (Å²) in [4.78, 5) is 25.4. The quantitative estimate of drug-likeness (QED) is 0.819. The minimum Gasteiger partial charge on any atom is -0.462 e. The first kappa shape index (κ1) is 16.0. The molecular formula is C15H22N2O3S. The largest absolute Gasteiger partial charge is 0.462 e. The van der Waals surface area contributed by atoms with Gasteiger partial charge < -0.3 is 15.4 Å². The molecule has 2 heterocycles. The molecule has 0 spiro atoms. The van der Waals surface area contributed by atoms with Crippen LogP contribution in [0.3, 0.4) is 0 Å². The van der Waals surface area contributed by atoms with Crippen molar-refractivity contribution in [2.45, 2.75) is 27.2 Å². The maximum absolute atomic E-state index is 12.4. The summed E-state index contributed by atoms with van der Waals surface area (Å²) >= 11 is 1.45. The summed E-state index contributed by atoms with van der Waals surface area (Å²) in [6, 6.07) is 1.81. The van der Waals surface area contributed by atoms with Crippen LogP contribution in [-0.2, 0) is 16.0 Å². The molecule has 0 aromatic carbocycles. The minimum atomic E-state index is -0.374. The van der Waals surface area contributed by atoms with Crippen molar-refractivity contribution in [2.75, 3.05) is 25.0 Å². The van der Waals surface area contributed by atoms with Crippen LogP contribution >= 0.6 is 11.3 Å². The lowest BCUT2D eigenvalue weighted by molar-refractivity contribution is -0.120. The van der Waals surface area contributed by atoms with Gasteiger partial charge in [0.15, 0.2) is 0 Å². The molecule has 2 rings (SSSR count). The van der Waals surface area contributed by atoms with Crippen LogP contribution < -0.4 is 10.6 Å². The molecule has 2 unspecified atom stereocenters. The van der Waals surface area contributed by atoms with Gasteiger partial charge in [-0.3, -0.25) is 4.79 Å². The average molecular weight is 310 g/mol. The van der Waals surface area contributed by atoms with Gasteiger partial charge in [0.1, 0.15) is 5.00 Å². The van der Waals surface area contributed by atoms with Crippen molar-refractivity contribution in [3.8, 4) is 0 Å². The Labute approximate surface area is 129 Å². The monoisotopic (exact) mass is 310 g/mol. The fraction of sp³-hybridized carbons (Fsp3) is 0.600. The molecule has 0 bridgehead atoms. The van der Waals surface area contributed by atoms with E-state index in [0.29, 0.717) is 29.6 Å². The molecule has 21 heavy (non-hydrogen) atoms. The summed E-state index contributed by atoms with van der Waals surface area (Å²) in [5.74, 6) is -0.141. The van der Waals surface area contributed by atoms with Crippen LogP contribution in [0.15, 0.2) is 6.07 Å². The molecular weight excluding hydrogens is 288 g/mol. The highest BCUT2D eigenvalue weighted by Gasteiger charge is 2.30. The number of amides is 1. The smallest absolute Gasteiger partial charge is 0.341 e. The summed E-state index contributed by atoms with van der Waals surface area (Å²) < 4.78 is 5.06.